The Hall–Kier alpha value is -5.90. The molecule has 10 bridgehead atoms. The summed E-state index contributed by atoms with van der Waals surface area (Å²) in [5.74, 6) is 12.9. The van der Waals surface area contributed by atoms with Crippen LogP contribution in [-0.4, -0.2) is 64.6 Å². The van der Waals surface area contributed by atoms with Gasteiger partial charge in [0.2, 0.25) is 0 Å². The van der Waals surface area contributed by atoms with Crippen LogP contribution < -0.4 is 42.6 Å². The highest BCUT2D eigenvalue weighted by atomic mass is 16.5. The van der Waals surface area contributed by atoms with Crippen molar-refractivity contribution >= 4 is 0 Å². The van der Waals surface area contributed by atoms with Gasteiger partial charge in [-0.2, -0.15) is 0 Å². The Labute approximate surface area is 651 Å². The number of benzene rings is 5. The van der Waals surface area contributed by atoms with E-state index in [9.17, 15) is 5.11 Å². The first-order valence-electron chi connectivity index (χ1n) is 45.5. The van der Waals surface area contributed by atoms with Gasteiger partial charge in [-0.3, -0.25) is 0 Å². The highest BCUT2D eigenvalue weighted by Crippen LogP contribution is 2.46. The summed E-state index contributed by atoms with van der Waals surface area (Å²) in [5, 5.41) is 13.0. The van der Waals surface area contributed by atoms with Crippen molar-refractivity contribution in [2.24, 2.45) is 53.3 Å². The minimum Gasteiger partial charge on any atom is -0.508 e. The molecular formula is C98H138O10. The van der Waals surface area contributed by atoms with Gasteiger partial charge in [0, 0.05) is 87.7 Å². The summed E-state index contributed by atoms with van der Waals surface area (Å²) in [6.07, 6.45) is 58.5. The molecule has 5 aromatic rings. The molecule has 9 saturated carbocycles. The number of phenolic OH excluding ortho intramolecular Hbond substituents is 1. The Kier molecular flexibility index (Phi) is 28.7. The second-order valence-corrected chi connectivity index (χ2v) is 36.6. The molecule has 1 N–H and O–H groups in total. The lowest BCUT2D eigenvalue weighted by Crippen LogP contribution is -2.18. The second kappa shape index (κ2) is 40.0. The third kappa shape index (κ3) is 22.1. The zero-order valence-electron chi connectivity index (χ0n) is 66.8. The molecule has 24 rings (SSSR count). The molecule has 0 heterocycles. The second-order valence-electron chi connectivity index (χ2n) is 36.6. The largest absolute Gasteiger partial charge is 0.508 e. The topological polar surface area (TPSA) is 103 Å². The molecule has 0 saturated heterocycles. The first-order chi connectivity index (χ1) is 53.4. The average molecular weight is 1480 g/mol. The molecule has 0 amide bonds. The predicted molar refractivity (Wildman–Crippen MR) is 437 cm³/mol. The minimum atomic E-state index is 0.272. The highest BCUT2D eigenvalue weighted by Gasteiger charge is 2.31. The summed E-state index contributed by atoms with van der Waals surface area (Å²) in [4.78, 5) is 0. The monoisotopic (exact) mass is 1480 g/mol. The summed E-state index contributed by atoms with van der Waals surface area (Å²) in [6.45, 7) is 6.09. The normalized spacial score (nSPS) is 21.4. The van der Waals surface area contributed by atoms with Crippen LogP contribution in [0.25, 0.3) is 0 Å². The smallest absolute Gasteiger partial charge is 0.123 e. The summed E-state index contributed by atoms with van der Waals surface area (Å²) in [6, 6.07) is 23.2. The van der Waals surface area contributed by atoms with E-state index in [2.05, 4.69) is 54.6 Å². The molecule has 0 aromatic heterocycles. The summed E-state index contributed by atoms with van der Waals surface area (Å²) < 4.78 is 66.9. The Morgan fingerprint density at radius 1 is 0.167 bits per heavy atom. The van der Waals surface area contributed by atoms with E-state index < -0.39 is 0 Å². The van der Waals surface area contributed by atoms with Crippen molar-refractivity contribution in [1.29, 1.82) is 0 Å². The van der Waals surface area contributed by atoms with E-state index in [1.54, 1.807) is 0 Å². The quantitative estimate of drug-likeness (QED) is 0.0536. The van der Waals surface area contributed by atoms with Crippen molar-refractivity contribution < 1.29 is 47.7 Å². The summed E-state index contributed by atoms with van der Waals surface area (Å²) >= 11 is 0. The van der Waals surface area contributed by atoms with Gasteiger partial charge in [0.15, 0.2) is 0 Å². The van der Waals surface area contributed by atoms with Gasteiger partial charge >= 0.3 is 0 Å². The van der Waals surface area contributed by atoms with Crippen LogP contribution in [-0.2, 0) is 32.1 Å². The van der Waals surface area contributed by atoms with Crippen LogP contribution >= 0.6 is 0 Å². The van der Waals surface area contributed by atoms with Gasteiger partial charge in [-0.1, -0.05) is 173 Å². The number of rotatable bonds is 27. The first-order valence-corrected chi connectivity index (χ1v) is 45.5. The van der Waals surface area contributed by atoms with Crippen molar-refractivity contribution in [3.63, 3.8) is 0 Å². The molecule has 19 aliphatic carbocycles. The molecule has 0 unspecified atom stereocenters. The molecule has 19 aliphatic rings. The van der Waals surface area contributed by atoms with Crippen molar-refractivity contribution in [2.75, 3.05) is 59.5 Å². The highest BCUT2D eigenvalue weighted by molar-refractivity contribution is 5.60. The van der Waals surface area contributed by atoms with Crippen LogP contribution in [0, 0.1) is 53.3 Å². The lowest BCUT2D eigenvalue weighted by molar-refractivity contribution is 0.200. The third-order valence-electron chi connectivity index (χ3n) is 27.9. The maximum atomic E-state index is 13.0. The Bertz CT molecular complexity index is 3530. The summed E-state index contributed by atoms with van der Waals surface area (Å²) in [7, 11) is 0. The van der Waals surface area contributed by atoms with E-state index in [1.807, 2.05) is 6.07 Å². The standard InChI is InChI=1S/C98H138O10/c99-89-51-80-47-82-54-94(104-65-74-36-18-5-19-37-74)84(56-93(82)103-64-73-34-16-4-17-35-73)49-86-58-98(108-69-78-44-26-9-27-45-78)88(60-97(86)107-68-77-42-24-8-25-43-77)50-87-59-95(105-66-75-38-20-6-21-39-75)85(57-96(87)106-67-76-40-22-7-23-41-76)48-83-55-91(101-62-71-30-12-2-13-31-71)81(53-92(83)102-63-72-32-14-3-15-33-72)46-79(89)52-90(80)100-61-70-28-10-1-11-29-70/h51-60,70-78,99H,1-50,61-69H2. The lowest BCUT2D eigenvalue weighted by atomic mass is 9.89. The number of hydrogen-bond acceptors (Lipinski definition) is 10. The van der Waals surface area contributed by atoms with E-state index in [-0.39, 0.29) is 5.75 Å². The number of ether oxygens (including phenoxy) is 9. The van der Waals surface area contributed by atoms with Gasteiger partial charge < -0.3 is 47.7 Å². The fourth-order valence-electron chi connectivity index (χ4n) is 20.9. The van der Waals surface area contributed by atoms with Crippen LogP contribution in [0.1, 0.15) is 345 Å². The number of hydrogen-bond donors (Lipinski definition) is 1. The van der Waals surface area contributed by atoms with Crippen molar-refractivity contribution in [1.82, 2.24) is 0 Å². The zero-order chi connectivity index (χ0) is 72.9. The van der Waals surface area contributed by atoms with E-state index >= 15 is 0 Å². The minimum absolute atomic E-state index is 0.272. The molecule has 10 nitrogen and oxygen atoms in total. The molecule has 0 spiro atoms. The van der Waals surface area contributed by atoms with E-state index in [4.69, 9.17) is 42.6 Å². The third-order valence-corrected chi connectivity index (χ3v) is 27.9. The van der Waals surface area contributed by atoms with Crippen LogP contribution in [0.2, 0.25) is 0 Å². The van der Waals surface area contributed by atoms with Crippen molar-refractivity contribution in [3.8, 4) is 57.5 Å². The van der Waals surface area contributed by atoms with Gasteiger partial charge in [-0.15, -0.1) is 0 Å². The Balaban J connectivity index is 0.936. The van der Waals surface area contributed by atoms with E-state index in [0.29, 0.717) is 145 Å². The zero-order valence-corrected chi connectivity index (χ0v) is 66.8. The van der Waals surface area contributed by atoms with Crippen molar-refractivity contribution in [3.05, 3.63) is 116 Å². The maximum Gasteiger partial charge on any atom is 0.123 e. The van der Waals surface area contributed by atoms with Gasteiger partial charge in [0.1, 0.15) is 57.5 Å². The lowest BCUT2D eigenvalue weighted by Gasteiger charge is -2.27. The first kappa shape index (κ1) is 77.4. The number of phenols is 1. The van der Waals surface area contributed by atoms with Crippen LogP contribution in [0.3, 0.4) is 0 Å². The molecule has 590 valence electrons. The van der Waals surface area contributed by atoms with Gasteiger partial charge in [0.25, 0.3) is 0 Å². The van der Waals surface area contributed by atoms with Gasteiger partial charge in [-0.05, 0) is 229 Å². The predicted octanol–water partition coefficient (Wildman–Crippen LogP) is 25.3. The van der Waals surface area contributed by atoms with Crippen LogP contribution in [0.4, 0.5) is 0 Å². The molecular weight excluding hydrogens is 1340 g/mol. The summed E-state index contributed by atoms with van der Waals surface area (Å²) in [5.41, 5.74) is 10.6. The number of aromatic hydroxyl groups is 1. The SMILES string of the molecule is Oc1cc2c(OCC3CCCCC3)cc1Cc1cc(OCC3CCCCC3)c(cc1OCC1CCCCC1)Cc1cc(OCC3CCCCC3)c(cc1OCC1CCCCC1)Cc1cc(OCC3CCCCC3)c(cc1OCC1CCCCC1)Cc1cc(OCC3CCCCC3)c(cc1OCC1CCCCC1)C2. The fraction of sp³-hybridized carbons (Fsp3) is 0.694. The average Bonchev–Trinajstić information content (AvgIpc) is 0.906. The Morgan fingerprint density at radius 3 is 0.435 bits per heavy atom. The van der Waals surface area contributed by atoms with Crippen LogP contribution in [0.15, 0.2) is 60.7 Å². The maximum absolute atomic E-state index is 13.0. The molecule has 9 fully saturated rings. The molecule has 0 radical (unpaired) electrons. The molecule has 0 aliphatic heterocycles. The van der Waals surface area contributed by atoms with Crippen molar-refractivity contribution in [2.45, 2.75) is 321 Å². The molecule has 108 heavy (non-hydrogen) atoms. The van der Waals surface area contributed by atoms with E-state index in [1.165, 1.54) is 289 Å². The molecule has 5 aromatic carbocycles. The molecule has 0 atom stereocenters. The fourth-order valence-corrected chi connectivity index (χ4v) is 20.9. The van der Waals surface area contributed by atoms with Crippen LogP contribution in [0.5, 0.6) is 57.5 Å². The Morgan fingerprint density at radius 2 is 0.287 bits per heavy atom. The van der Waals surface area contributed by atoms with Gasteiger partial charge in [0.05, 0.1) is 59.5 Å². The molecule has 10 heteroatoms. The van der Waals surface area contributed by atoms with E-state index in [0.717, 1.165) is 107 Å². The van der Waals surface area contributed by atoms with Gasteiger partial charge in [-0.25, -0.2) is 0 Å².